The smallest absolute Gasteiger partial charge is 0.315 e. The van der Waals surface area contributed by atoms with E-state index in [0.29, 0.717) is 37.0 Å². The molecule has 1 aromatic heterocycles. The van der Waals surface area contributed by atoms with Crippen molar-refractivity contribution in [3.63, 3.8) is 0 Å². The van der Waals surface area contributed by atoms with E-state index in [2.05, 4.69) is 72.8 Å². The standard InChI is InChI=1S/C16H24N4O/c1-11(2)14-7-5-13(6-8-14)9-18-16-20-19-15(21-16)10-17-12(3)4/h5-8,11-12,17H,9-10H2,1-4H3,(H,18,20). The number of hydrogen-bond acceptors (Lipinski definition) is 5. The van der Waals surface area contributed by atoms with E-state index < -0.39 is 0 Å². The number of anilines is 1. The molecule has 0 atom stereocenters. The van der Waals surface area contributed by atoms with Gasteiger partial charge in [0.25, 0.3) is 0 Å². The van der Waals surface area contributed by atoms with Crippen molar-refractivity contribution in [2.45, 2.75) is 52.7 Å². The first-order valence-electron chi connectivity index (χ1n) is 7.43. The topological polar surface area (TPSA) is 63.0 Å². The van der Waals surface area contributed by atoms with Gasteiger partial charge in [0, 0.05) is 12.6 Å². The summed E-state index contributed by atoms with van der Waals surface area (Å²) in [6.07, 6.45) is 0. The van der Waals surface area contributed by atoms with E-state index in [1.54, 1.807) is 0 Å². The predicted octanol–water partition coefficient (Wildman–Crippen LogP) is 3.30. The van der Waals surface area contributed by atoms with Gasteiger partial charge in [-0.25, -0.2) is 0 Å². The van der Waals surface area contributed by atoms with E-state index in [9.17, 15) is 0 Å². The molecule has 1 heterocycles. The van der Waals surface area contributed by atoms with Crippen molar-refractivity contribution in [3.05, 3.63) is 41.3 Å². The molecular formula is C16H24N4O. The van der Waals surface area contributed by atoms with E-state index in [1.807, 2.05) is 0 Å². The minimum absolute atomic E-state index is 0.396. The summed E-state index contributed by atoms with van der Waals surface area (Å²) in [7, 11) is 0. The van der Waals surface area contributed by atoms with Crippen molar-refractivity contribution >= 4 is 6.01 Å². The van der Waals surface area contributed by atoms with Gasteiger partial charge in [0.2, 0.25) is 5.89 Å². The Bertz CT molecular complexity index is 546. The molecule has 2 N–H and O–H groups in total. The van der Waals surface area contributed by atoms with Crippen LogP contribution in [-0.2, 0) is 13.1 Å². The lowest BCUT2D eigenvalue weighted by molar-refractivity contribution is 0.458. The van der Waals surface area contributed by atoms with Crippen LogP contribution in [0.5, 0.6) is 0 Å². The van der Waals surface area contributed by atoms with E-state index >= 15 is 0 Å². The first-order valence-corrected chi connectivity index (χ1v) is 7.43. The summed E-state index contributed by atoms with van der Waals surface area (Å²) in [6, 6.07) is 9.43. The maximum absolute atomic E-state index is 5.52. The molecule has 2 aromatic rings. The van der Waals surface area contributed by atoms with Gasteiger partial charge in [0.05, 0.1) is 6.54 Å². The zero-order chi connectivity index (χ0) is 15.2. The summed E-state index contributed by atoms with van der Waals surface area (Å²) < 4.78 is 5.52. The van der Waals surface area contributed by atoms with Crippen molar-refractivity contribution < 1.29 is 4.42 Å². The van der Waals surface area contributed by atoms with Crippen LogP contribution in [0.3, 0.4) is 0 Å². The molecule has 0 aliphatic heterocycles. The second-order valence-corrected chi connectivity index (χ2v) is 5.79. The highest BCUT2D eigenvalue weighted by Crippen LogP contribution is 2.15. The van der Waals surface area contributed by atoms with Crippen molar-refractivity contribution in [2.75, 3.05) is 5.32 Å². The summed E-state index contributed by atoms with van der Waals surface area (Å²) in [6.45, 7) is 9.82. The first kappa shape index (κ1) is 15.5. The Morgan fingerprint density at radius 2 is 1.71 bits per heavy atom. The highest BCUT2D eigenvalue weighted by atomic mass is 16.4. The molecule has 2 rings (SSSR count). The normalized spacial score (nSPS) is 11.3. The van der Waals surface area contributed by atoms with Gasteiger partial charge in [0.15, 0.2) is 0 Å². The number of hydrogen-bond donors (Lipinski definition) is 2. The molecule has 0 spiro atoms. The monoisotopic (exact) mass is 288 g/mol. The van der Waals surface area contributed by atoms with Crippen molar-refractivity contribution in [2.24, 2.45) is 0 Å². The van der Waals surface area contributed by atoms with Gasteiger partial charge >= 0.3 is 6.01 Å². The van der Waals surface area contributed by atoms with Crippen LogP contribution < -0.4 is 10.6 Å². The minimum Gasteiger partial charge on any atom is -0.407 e. The van der Waals surface area contributed by atoms with E-state index in [0.717, 1.165) is 0 Å². The molecule has 114 valence electrons. The van der Waals surface area contributed by atoms with Gasteiger partial charge in [-0.1, -0.05) is 57.1 Å². The maximum Gasteiger partial charge on any atom is 0.315 e. The second kappa shape index (κ2) is 7.22. The predicted molar refractivity (Wildman–Crippen MR) is 84.1 cm³/mol. The van der Waals surface area contributed by atoms with Crippen LogP contribution >= 0.6 is 0 Å². The van der Waals surface area contributed by atoms with Crippen LogP contribution in [0.1, 0.15) is 50.6 Å². The number of nitrogens with one attached hydrogen (secondary N) is 2. The molecule has 21 heavy (non-hydrogen) atoms. The Balaban J connectivity index is 1.85. The molecule has 0 amide bonds. The van der Waals surface area contributed by atoms with Crippen molar-refractivity contribution in [1.82, 2.24) is 15.5 Å². The van der Waals surface area contributed by atoms with Gasteiger partial charge in [-0.05, 0) is 17.0 Å². The molecule has 0 radical (unpaired) electrons. The Labute approximate surface area is 126 Å². The molecule has 5 heteroatoms. The molecule has 0 unspecified atom stereocenters. The average molecular weight is 288 g/mol. The number of aromatic nitrogens is 2. The second-order valence-electron chi connectivity index (χ2n) is 5.79. The molecule has 0 saturated carbocycles. The average Bonchev–Trinajstić information content (AvgIpc) is 2.91. The largest absolute Gasteiger partial charge is 0.407 e. The van der Waals surface area contributed by atoms with E-state index in [1.165, 1.54) is 11.1 Å². The molecule has 0 aliphatic rings. The fourth-order valence-corrected chi connectivity index (χ4v) is 1.89. The maximum atomic E-state index is 5.52. The molecule has 0 saturated heterocycles. The van der Waals surface area contributed by atoms with Crippen LogP contribution in [0, 0.1) is 0 Å². The summed E-state index contributed by atoms with van der Waals surface area (Å²) in [5.74, 6) is 1.15. The lowest BCUT2D eigenvalue weighted by Crippen LogP contribution is -2.21. The van der Waals surface area contributed by atoms with Gasteiger partial charge in [-0.15, -0.1) is 5.10 Å². The third-order valence-electron chi connectivity index (χ3n) is 3.22. The third-order valence-corrected chi connectivity index (χ3v) is 3.22. The lowest BCUT2D eigenvalue weighted by atomic mass is 10.0. The number of rotatable bonds is 7. The molecule has 0 fully saturated rings. The summed E-state index contributed by atoms with van der Waals surface area (Å²) in [5, 5.41) is 14.4. The molecular weight excluding hydrogens is 264 g/mol. The molecule has 1 aromatic carbocycles. The van der Waals surface area contributed by atoms with Gasteiger partial charge < -0.3 is 15.1 Å². The van der Waals surface area contributed by atoms with Gasteiger partial charge in [0.1, 0.15) is 0 Å². The molecule has 5 nitrogen and oxygen atoms in total. The summed E-state index contributed by atoms with van der Waals surface area (Å²) >= 11 is 0. The van der Waals surface area contributed by atoms with E-state index in [-0.39, 0.29) is 0 Å². The lowest BCUT2D eigenvalue weighted by Gasteiger charge is -2.07. The molecule has 0 bridgehead atoms. The summed E-state index contributed by atoms with van der Waals surface area (Å²) in [4.78, 5) is 0. The van der Waals surface area contributed by atoms with E-state index in [4.69, 9.17) is 4.42 Å². The Morgan fingerprint density at radius 3 is 2.33 bits per heavy atom. The fraction of sp³-hybridized carbons (Fsp3) is 0.500. The highest BCUT2D eigenvalue weighted by molar-refractivity contribution is 5.28. The quantitative estimate of drug-likeness (QED) is 0.818. The fourth-order valence-electron chi connectivity index (χ4n) is 1.89. The van der Waals surface area contributed by atoms with Crippen LogP contribution in [0.4, 0.5) is 6.01 Å². The highest BCUT2D eigenvalue weighted by Gasteiger charge is 2.06. The SMILES string of the molecule is CC(C)NCc1nnc(NCc2ccc(C(C)C)cc2)o1. The zero-order valence-electron chi connectivity index (χ0n) is 13.2. The molecule has 0 aliphatic carbocycles. The first-order chi connectivity index (χ1) is 10.0. The zero-order valence-corrected chi connectivity index (χ0v) is 13.2. The van der Waals surface area contributed by atoms with Crippen molar-refractivity contribution in [3.8, 4) is 0 Å². The van der Waals surface area contributed by atoms with Crippen molar-refractivity contribution in [1.29, 1.82) is 0 Å². The van der Waals surface area contributed by atoms with Crippen LogP contribution in [0.25, 0.3) is 0 Å². The summed E-state index contributed by atoms with van der Waals surface area (Å²) in [5.41, 5.74) is 2.54. The van der Waals surface area contributed by atoms with Gasteiger partial charge in [-0.3, -0.25) is 0 Å². The Morgan fingerprint density at radius 1 is 1.00 bits per heavy atom. The van der Waals surface area contributed by atoms with Crippen LogP contribution in [0.15, 0.2) is 28.7 Å². The number of benzene rings is 1. The Hall–Kier alpha value is -1.88. The van der Waals surface area contributed by atoms with Crippen LogP contribution in [-0.4, -0.2) is 16.2 Å². The third kappa shape index (κ3) is 4.86. The minimum atomic E-state index is 0.396. The Kier molecular flexibility index (Phi) is 5.33. The van der Waals surface area contributed by atoms with Gasteiger partial charge in [-0.2, -0.15) is 0 Å². The van der Waals surface area contributed by atoms with Crippen LogP contribution in [0.2, 0.25) is 0 Å². The number of nitrogens with zero attached hydrogens (tertiary/aromatic N) is 2.